The first kappa shape index (κ1) is 13.3. The summed E-state index contributed by atoms with van der Waals surface area (Å²) in [7, 11) is 0. The minimum absolute atomic E-state index is 1.07. The highest BCUT2D eigenvalue weighted by molar-refractivity contribution is 14.1. The maximum absolute atomic E-state index is 2.43. The molecule has 0 atom stereocenters. The zero-order valence-corrected chi connectivity index (χ0v) is 14.6. The molecule has 0 saturated heterocycles. The van der Waals surface area contributed by atoms with Gasteiger partial charge in [-0.1, -0.05) is 0 Å². The van der Waals surface area contributed by atoms with E-state index in [1.54, 1.807) is 0 Å². The Morgan fingerprint density at radius 3 is 2.14 bits per heavy atom. The second kappa shape index (κ2) is 6.07. The van der Waals surface area contributed by atoms with E-state index in [0.717, 1.165) is 13.1 Å². The van der Waals surface area contributed by atoms with E-state index in [2.05, 4.69) is 98.7 Å². The Morgan fingerprint density at radius 1 is 1.07 bits per heavy atom. The Balaban J connectivity index is 3.18. The summed E-state index contributed by atoms with van der Waals surface area (Å²) in [6.07, 6.45) is 0. The van der Waals surface area contributed by atoms with E-state index in [1.165, 1.54) is 16.4 Å². The van der Waals surface area contributed by atoms with Crippen LogP contribution < -0.4 is 4.90 Å². The molecule has 1 aromatic rings. The average Bonchev–Trinajstić information content (AvgIpc) is 2.15. The fourth-order valence-electron chi connectivity index (χ4n) is 1.34. The summed E-state index contributed by atoms with van der Waals surface area (Å²) < 4.78 is 4.03. The molecule has 0 unspecified atom stereocenters. The summed E-state index contributed by atoms with van der Waals surface area (Å²) in [5.41, 5.74) is 1.37. The third-order valence-electron chi connectivity index (χ3n) is 2.08. The number of benzene rings is 1. The van der Waals surface area contributed by atoms with Gasteiger partial charge in [0, 0.05) is 23.8 Å². The van der Waals surface area contributed by atoms with Crippen LogP contribution in [0.5, 0.6) is 0 Å². The van der Waals surface area contributed by atoms with Crippen LogP contribution in [-0.4, -0.2) is 13.1 Å². The molecule has 0 N–H and O–H groups in total. The molecule has 0 aliphatic carbocycles. The van der Waals surface area contributed by atoms with Crippen molar-refractivity contribution in [2.45, 2.75) is 13.8 Å². The number of hydrogen-bond acceptors (Lipinski definition) is 1. The van der Waals surface area contributed by atoms with Crippen LogP contribution in [0.2, 0.25) is 0 Å². The Morgan fingerprint density at radius 2 is 1.64 bits per heavy atom. The van der Waals surface area contributed by atoms with Crippen LogP contribution >= 0.6 is 67.8 Å². The van der Waals surface area contributed by atoms with Crippen molar-refractivity contribution < 1.29 is 0 Å². The first-order chi connectivity index (χ1) is 6.60. The Labute approximate surface area is 126 Å². The monoisotopic (exact) mass is 527 g/mol. The van der Waals surface area contributed by atoms with Gasteiger partial charge in [0.2, 0.25) is 0 Å². The van der Waals surface area contributed by atoms with Gasteiger partial charge >= 0.3 is 0 Å². The fraction of sp³-hybridized carbons (Fsp3) is 0.400. The van der Waals surface area contributed by atoms with Gasteiger partial charge in [0.25, 0.3) is 0 Å². The number of rotatable bonds is 3. The van der Waals surface area contributed by atoms with E-state index in [9.17, 15) is 0 Å². The van der Waals surface area contributed by atoms with E-state index in [4.69, 9.17) is 0 Å². The van der Waals surface area contributed by atoms with Crippen LogP contribution in [0.25, 0.3) is 0 Å². The molecular weight excluding hydrogens is 515 g/mol. The van der Waals surface area contributed by atoms with Crippen LogP contribution in [0.15, 0.2) is 12.1 Å². The molecule has 0 aliphatic heterocycles. The van der Waals surface area contributed by atoms with Crippen LogP contribution in [0, 0.1) is 10.7 Å². The molecule has 0 bridgehead atoms. The molecule has 14 heavy (non-hydrogen) atoms. The largest absolute Gasteiger partial charge is 0.371 e. The lowest BCUT2D eigenvalue weighted by Crippen LogP contribution is -2.23. The standard InChI is InChI=1S/C10H12I3N/c1-3-14(4-2)9-6-7(11)5-8(12)10(9)13/h5-6H,3-4H2,1-2H3. The van der Waals surface area contributed by atoms with Crippen molar-refractivity contribution in [1.82, 2.24) is 0 Å². The zero-order chi connectivity index (χ0) is 10.7. The average molecular weight is 527 g/mol. The number of anilines is 1. The zero-order valence-electron chi connectivity index (χ0n) is 8.15. The minimum Gasteiger partial charge on any atom is -0.371 e. The number of halogens is 3. The van der Waals surface area contributed by atoms with Gasteiger partial charge in [0.1, 0.15) is 0 Å². The smallest absolute Gasteiger partial charge is 0.0523 e. The molecule has 1 rings (SSSR count). The van der Waals surface area contributed by atoms with Crippen molar-refractivity contribution in [3.8, 4) is 0 Å². The van der Waals surface area contributed by atoms with Gasteiger partial charge in [0.15, 0.2) is 0 Å². The molecule has 0 radical (unpaired) electrons. The first-order valence-electron chi connectivity index (χ1n) is 4.49. The molecule has 4 heteroatoms. The SMILES string of the molecule is CCN(CC)c1cc(I)cc(I)c1I. The Bertz CT molecular complexity index is 321. The third kappa shape index (κ3) is 3.10. The Kier molecular flexibility index (Phi) is 5.76. The highest BCUT2D eigenvalue weighted by Gasteiger charge is 2.10. The highest BCUT2D eigenvalue weighted by atomic mass is 127. The lowest BCUT2D eigenvalue weighted by Gasteiger charge is -2.23. The minimum atomic E-state index is 1.07. The lowest BCUT2D eigenvalue weighted by atomic mass is 10.3. The quantitative estimate of drug-likeness (QED) is 0.418. The second-order valence-electron chi connectivity index (χ2n) is 2.89. The maximum atomic E-state index is 2.43. The van der Waals surface area contributed by atoms with E-state index in [0.29, 0.717) is 0 Å². The summed E-state index contributed by atoms with van der Waals surface area (Å²) in [5, 5.41) is 0. The first-order valence-corrected chi connectivity index (χ1v) is 7.73. The summed E-state index contributed by atoms with van der Waals surface area (Å²) in [5.74, 6) is 0. The third-order valence-corrected chi connectivity index (χ3v) is 5.72. The van der Waals surface area contributed by atoms with Crippen LogP contribution in [0.3, 0.4) is 0 Å². The molecule has 0 aliphatic rings. The molecule has 1 aromatic carbocycles. The van der Waals surface area contributed by atoms with E-state index in [-0.39, 0.29) is 0 Å². The second-order valence-corrected chi connectivity index (χ2v) is 6.38. The summed E-state index contributed by atoms with van der Waals surface area (Å²) in [6.45, 7) is 6.55. The number of nitrogens with zero attached hydrogens (tertiary/aromatic N) is 1. The van der Waals surface area contributed by atoms with Crippen molar-refractivity contribution in [2.75, 3.05) is 18.0 Å². The molecule has 0 fully saturated rings. The Hall–Kier alpha value is 1.21. The van der Waals surface area contributed by atoms with Crippen molar-refractivity contribution in [2.24, 2.45) is 0 Å². The van der Waals surface area contributed by atoms with Crippen molar-refractivity contribution in [1.29, 1.82) is 0 Å². The predicted octanol–water partition coefficient (Wildman–Crippen LogP) is 4.35. The molecule has 78 valence electrons. The summed E-state index contributed by atoms with van der Waals surface area (Å²) in [4.78, 5) is 2.39. The van der Waals surface area contributed by atoms with Crippen LogP contribution in [-0.2, 0) is 0 Å². The van der Waals surface area contributed by atoms with Gasteiger partial charge in [-0.2, -0.15) is 0 Å². The molecule has 1 nitrogen and oxygen atoms in total. The van der Waals surface area contributed by atoms with Gasteiger partial charge in [-0.3, -0.25) is 0 Å². The van der Waals surface area contributed by atoms with Crippen molar-refractivity contribution >= 4 is 73.5 Å². The van der Waals surface area contributed by atoms with Gasteiger partial charge < -0.3 is 4.90 Å². The maximum Gasteiger partial charge on any atom is 0.0523 e. The lowest BCUT2D eigenvalue weighted by molar-refractivity contribution is 0.862. The van der Waals surface area contributed by atoms with Gasteiger partial charge in [-0.15, -0.1) is 0 Å². The van der Waals surface area contributed by atoms with Gasteiger partial charge in [-0.25, -0.2) is 0 Å². The molecule has 0 aromatic heterocycles. The predicted molar refractivity (Wildman–Crippen MR) is 88.2 cm³/mol. The van der Waals surface area contributed by atoms with E-state index < -0.39 is 0 Å². The molecular formula is C10H12I3N. The molecule has 0 saturated carbocycles. The van der Waals surface area contributed by atoms with Crippen molar-refractivity contribution in [3.05, 3.63) is 22.8 Å². The topological polar surface area (TPSA) is 3.24 Å². The summed E-state index contributed by atoms with van der Waals surface area (Å²) in [6, 6.07) is 4.48. The van der Waals surface area contributed by atoms with Crippen LogP contribution in [0.4, 0.5) is 5.69 Å². The molecule has 0 spiro atoms. The molecule has 0 heterocycles. The van der Waals surface area contributed by atoms with Gasteiger partial charge in [-0.05, 0) is 93.8 Å². The number of hydrogen-bond donors (Lipinski definition) is 0. The van der Waals surface area contributed by atoms with Crippen LogP contribution in [0.1, 0.15) is 13.8 Å². The molecule has 0 amide bonds. The summed E-state index contributed by atoms with van der Waals surface area (Å²) >= 11 is 7.21. The normalized spacial score (nSPS) is 10.4. The highest BCUT2D eigenvalue weighted by Crippen LogP contribution is 2.29. The van der Waals surface area contributed by atoms with E-state index >= 15 is 0 Å². The van der Waals surface area contributed by atoms with E-state index in [1.807, 2.05) is 0 Å². The fourth-order valence-corrected chi connectivity index (χ4v) is 3.80. The van der Waals surface area contributed by atoms with Crippen molar-refractivity contribution in [3.63, 3.8) is 0 Å². The van der Waals surface area contributed by atoms with Gasteiger partial charge in [0.05, 0.1) is 5.69 Å².